The van der Waals surface area contributed by atoms with E-state index in [1.54, 1.807) is 36.4 Å². The minimum Gasteiger partial charge on any atom is -0.508 e. The molecule has 46 heavy (non-hydrogen) atoms. The smallest absolute Gasteiger partial charge is 0.339 e. The maximum atomic E-state index is 12.1. The molecule has 0 atom stereocenters. The molecule has 10 nitrogen and oxygen atoms in total. The van der Waals surface area contributed by atoms with Crippen molar-refractivity contribution in [2.24, 2.45) is 0 Å². The Morgan fingerprint density at radius 1 is 0.435 bits per heavy atom. The van der Waals surface area contributed by atoms with Gasteiger partial charge in [0.1, 0.15) is 34.1 Å². The third kappa shape index (κ3) is 10.9. The van der Waals surface area contributed by atoms with E-state index in [9.17, 15) is 49.8 Å². The van der Waals surface area contributed by atoms with Gasteiger partial charge in [0, 0.05) is 0 Å². The molecule has 0 aromatic heterocycles. The number of hydrogen-bond acceptors (Lipinski definition) is 8. The Morgan fingerprint density at radius 3 is 1.28 bits per heavy atom. The average Bonchev–Trinajstić information content (AvgIpc) is 3.02. The van der Waals surface area contributed by atoms with Crippen LogP contribution in [0.3, 0.4) is 0 Å². The summed E-state index contributed by atoms with van der Waals surface area (Å²) in [6.07, 6.45) is 7.60. The van der Waals surface area contributed by atoms with Gasteiger partial charge in [-0.05, 0) is 95.1 Å². The van der Waals surface area contributed by atoms with E-state index in [0.717, 1.165) is 12.2 Å². The zero-order valence-electron chi connectivity index (χ0n) is 24.0. The summed E-state index contributed by atoms with van der Waals surface area (Å²) in [5.41, 5.74) is 1.32. The molecule has 4 rings (SSSR count). The van der Waals surface area contributed by atoms with Crippen LogP contribution in [0.15, 0.2) is 120 Å². The first-order valence-electron chi connectivity index (χ1n) is 13.4. The van der Waals surface area contributed by atoms with Crippen molar-refractivity contribution in [1.82, 2.24) is 0 Å². The summed E-state index contributed by atoms with van der Waals surface area (Å²) in [4.78, 5) is 46.7. The van der Waals surface area contributed by atoms with E-state index in [1.165, 1.54) is 85.0 Å². The summed E-state index contributed by atoms with van der Waals surface area (Å²) in [5.74, 6) is -3.86. The van der Waals surface area contributed by atoms with Gasteiger partial charge in [-0.25, -0.2) is 9.59 Å². The van der Waals surface area contributed by atoms with Crippen LogP contribution in [-0.4, -0.2) is 54.1 Å². The topological polar surface area (TPSA) is 190 Å². The summed E-state index contributed by atoms with van der Waals surface area (Å²) in [5, 5.41) is 55.5. The highest BCUT2D eigenvalue weighted by Crippen LogP contribution is 2.17. The fraction of sp³-hybridized carbons (Fsp3) is 0. The first kappa shape index (κ1) is 33.8. The van der Waals surface area contributed by atoms with Crippen LogP contribution in [0.4, 0.5) is 0 Å². The van der Waals surface area contributed by atoms with Crippen LogP contribution in [0.25, 0.3) is 24.3 Å². The number of carboxylic acids is 2. The van der Waals surface area contributed by atoms with Crippen molar-refractivity contribution in [3.63, 3.8) is 0 Å². The fourth-order valence-electron chi connectivity index (χ4n) is 3.73. The number of carboxylic acid groups (broad SMARTS) is 2. The molecule has 0 heterocycles. The molecule has 4 aromatic carbocycles. The van der Waals surface area contributed by atoms with Crippen LogP contribution < -0.4 is 0 Å². The fourth-order valence-corrected chi connectivity index (χ4v) is 3.73. The lowest BCUT2D eigenvalue weighted by atomic mass is 10.1. The van der Waals surface area contributed by atoms with Crippen molar-refractivity contribution in [2.45, 2.75) is 0 Å². The van der Waals surface area contributed by atoms with Crippen LogP contribution in [0.2, 0.25) is 0 Å². The number of hydrogen-bond donors (Lipinski definition) is 6. The van der Waals surface area contributed by atoms with E-state index < -0.39 is 29.1 Å². The summed E-state index contributed by atoms with van der Waals surface area (Å²) < 4.78 is 0. The van der Waals surface area contributed by atoms with Crippen molar-refractivity contribution >= 4 is 47.8 Å². The van der Waals surface area contributed by atoms with Crippen LogP contribution in [0, 0.1) is 0 Å². The lowest BCUT2D eigenvalue weighted by Gasteiger charge is -2.00. The van der Waals surface area contributed by atoms with E-state index >= 15 is 0 Å². The summed E-state index contributed by atoms with van der Waals surface area (Å²) >= 11 is 0. The summed E-state index contributed by atoms with van der Waals surface area (Å²) in [6.45, 7) is 0. The Labute approximate surface area is 263 Å². The average molecular weight is 621 g/mol. The van der Waals surface area contributed by atoms with Crippen molar-refractivity contribution in [3.8, 4) is 23.0 Å². The number of carbonyl (C=O) groups excluding carboxylic acids is 2. The predicted octanol–water partition coefficient (Wildman–Crippen LogP) is 5.70. The molecule has 0 aliphatic rings. The van der Waals surface area contributed by atoms with Crippen molar-refractivity contribution in [3.05, 3.63) is 143 Å². The number of phenols is 4. The molecule has 232 valence electrons. The SMILES string of the molecule is O=C(O)C(=Cc1ccc(O)cc1)C(=O)C=Cc1ccc(O)cc1.O=C(O)C(=Cc1cccc(O)c1)C(=O)C=Cc1cccc(O)c1. The highest BCUT2D eigenvalue weighted by atomic mass is 16.4. The Hall–Kier alpha value is -6.68. The number of aromatic hydroxyl groups is 4. The molecule has 0 radical (unpaired) electrons. The summed E-state index contributed by atoms with van der Waals surface area (Å²) in [7, 11) is 0. The van der Waals surface area contributed by atoms with Gasteiger partial charge < -0.3 is 30.6 Å². The Morgan fingerprint density at radius 2 is 0.826 bits per heavy atom. The molecular formula is C36H28O10. The second kappa shape index (κ2) is 16.2. The predicted molar refractivity (Wildman–Crippen MR) is 172 cm³/mol. The maximum absolute atomic E-state index is 12.1. The molecule has 0 saturated carbocycles. The molecule has 0 aliphatic carbocycles. The van der Waals surface area contributed by atoms with E-state index in [2.05, 4.69) is 0 Å². The number of benzene rings is 4. The van der Waals surface area contributed by atoms with Gasteiger partial charge in [0.15, 0.2) is 11.6 Å². The highest BCUT2D eigenvalue weighted by Gasteiger charge is 2.16. The largest absolute Gasteiger partial charge is 0.508 e. The number of rotatable bonds is 10. The lowest BCUT2D eigenvalue weighted by molar-refractivity contribution is -0.135. The highest BCUT2D eigenvalue weighted by molar-refractivity contribution is 6.25. The third-order valence-electron chi connectivity index (χ3n) is 5.99. The zero-order valence-corrected chi connectivity index (χ0v) is 24.0. The van der Waals surface area contributed by atoms with Crippen LogP contribution in [0.1, 0.15) is 22.3 Å². The Kier molecular flexibility index (Phi) is 11.9. The maximum Gasteiger partial charge on any atom is 0.339 e. The second-order valence-electron chi connectivity index (χ2n) is 9.49. The molecule has 0 saturated heterocycles. The number of allylic oxidation sites excluding steroid dienone is 2. The van der Waals surface area contributed by atoms with Gasteiger partial charge in [0.2, 0.25) is 0 Å². The zero-order chi connectivity index (χ0) is 33.6. The van der Waals surface area contributed by atoms with Gasteiger partial charge in [-0.1, -0.05) is 60.7 Å². The summed E-state index contributed by atoms with van der Waals surface area (Å²) in [6, 6.07) is 24.1. The van der Waals surface area contributed by atoms with Crippen LogP contribution >= 0.6 is 0 Å². The van der Waals surface area contributed by atoms with Gasteiger partial charge in [-0.3, -0.25) is 9.59 Å². The second-order valence-corrected chi connectivity index (χ2v) is 9.49. The quantitative estimate of drug-likeness (QED) is 0.0729. The number of ketones is 2. The minimum absolute atomic E-state index is 0.0220. The lowest BCUT2D eigenvalue weighted by Crippen LogP contribution is -2.09. The van der Waals surface area contributed by atoms with Crippen molar-refractivity contribution in [1.29, 1.82) is 0 Å². The Balaban J connectivity index is 0.000000250. The van der Waals surface area contributed by atoms with Gasteiger partial charge in [0.25, 0.3) is 0 Å². The van der Waals surface area contributed by atoms with E-state index in [4.69, 9.17) is 0 Å². The van der Waals surface area contributed by atoms with E-state index in [-0.39, 0.29) is 28.6 Å². The molecule has 0 bridgehead atoms. The molecule has 0 fully saturated rings. The number of carbonyl (C=O) groups is 4. The molecule has 4 aromatic rings. The molecule has 6 N–H and O–H groups in total. The molecular weight excluding hydrogens is 592 g/mol. The molecule has 0 amide bonds. The van der Waals surface area contributed by atoms with Gasteiger partial charge >= 0.3 is 11.9 Å². The van der Waals surface area contributed by atoms with Crippen molar-refractivity contribution < 1.29 is 49.8 Å². The number of aliphatic carboxylic acids is 2. The minimum atomic E-state index is -1.36. The first-order valence-corrected chi connectivity index (χ1v) is 13.4. The van der Waals surface area contributed by atoms with E-state index in [0.29, 0.717) is 22.3 Å². The normalized spacial score (nSPS) is 11.6. The monoisotopic (exact) mass is 620 g/mol. The molecule has 0 unspecified atom stereocenters. The molecule has 0 spiro atoms. The Bertz CT molecular complexity index is 1840. The molecule has 10 heteroatoms. The van der Waals surface area contributed by atoms with Gasteiger partial charge in [-0.15, -0.1) is 0 Å². The first-order chi connectivity index (χ1) is 21.9. The standard InChI is InChI=1S/2C18H14O5/c19-14-6-1-12(2-7-14)5-10-17(21)16(18(22)23)11-13-3-8-15(20)9-4-13;19-14-5-1-3-12(9-14)7-8-17(21)16(18(22)23)11-13-4-2-6-15(20)10-13/h2*1-11,19-20H,(H,22,23). The van der Waals surface area contributed by atoms with Gasteiger partial charge in [0.05, 0.1) is 0 Å². The number of phenolic OH excluding ortho intramolecular Hbond substituents is 4. The van der Waals surface area contributed by atoms with Crippen molar-refractivity contribution in [2.75, 3.05) is 0 Å². The van der Waals surface area contributed by atoms with Gasteiger partial charge in [-0.2, -0.15) is 0 Å². The third-order valence-corrected chi connectivity index (χ3v) is 5.99. The van der Waals surface area contributed by atoms with Crippen LogP contribution in [-0.2, 0) is 19.2 Å². The van der Waals surface area contributed by atoms with Crippen LogP contribution in [0.5, 0.6) is 23.0 Å². The molecule has 0 aliphatic heterocycles. The van der Waals surface area contributed by atoms with E-state index in [1.807, 2.05) is 0 Å².